The van der Waals surface area contributed by atoms with Crippen LogP contribution < -0.4 is 9.47 Å². The molecule has 1 fully saturated rings. The summed E-state index contributed by atoms with van der Waals surface area (Å²) in [6.45, 7) is 2.84. The fraction of sp³-hybridized carbons (Fsp3) is 0.154. The van der Waals surface area contributed by atoms with E-state index in [4.69, 9.17) is 9.47 Å². The Kier molecular flexibility index (Phi) is 7.89. The molecule has 1 aliphatic heterocycles. The number of halogens is 2. The van der Waals surface area contributed by atoms with Crippen molar-refractivity contribution in [3.63, 3.8) is 0 Å². The second-order valence-electron chi connectivity index (χ2n) is 7.43. The lowest BCUT2D eigenvalue weighted by Crippen LogP contribution is -2.27. The fourth-order valence-electron chi connectivity index (χ4n) is 3.36. The van der Waals surface area contributed by atoms with Gasteiger partial charge in [0.1, 0.15) is 12.4 Å². The topological polar surface area (TPSA) is 55.8 Å². The van der Waals surface area contributed by atoms with Crippen LogP contribution in [0.15, 0.2) is 71.6 Å². The van der Waals surface area contributed by atoms with Crippen LogP contribution >= 0.6 is 34.4 Å². The minimum absolute atomic E-state index is 0.0935. The standard InChI is InChI=1S/C26H21FINO4S/c1-2-32-22-13-19(12-21(28)24(22)33-16-18-6-4-3-5-7-18)14-23-25(30)29(26(31)34-23)15-17-8-10-20(27)11-9-17/h3-14H,2,15-16H2,1H3/b23-14+. The van der Waals surface area contributed by atoms with Gasteiger partial charge in [-0.15, -0.1) is 0 Å². The van der Waals surface area contributed by atoms with E-state index in [1.807, 2.05) is 43.3 Å². The van der Waals surface area contributed by atoms with Crippen molar-refractivity contribution in [3.05, 3.63) is 97.7 Å². The molecule has 0 bridgehead atoms. The number of nitrogens with zero attached hydrogens (tertiary/aromatic N) is 1. The lowest BCUT2D eigenvalue weighted by Gasteiger charge is -2.15. The summed E-state index contributed by atoms with van der Waals surface area (Å²) in [7, 11) is 0. The van der Waals surface area contributed by atoms with Crippen molar-refractivity contribution in [1.29, 1.82) is 0 Å². The molecule has 4 rings (SSSR count). The minimum Gasteiger partial charge on any atom is -0.490 e. The quantitative estimate of drug-likeness (QED) is 0.218. The molecule has 0 unspecified atom stereocenters. The minimum atomic E-state index is -0.378. The number of thioether (sulfide) groups is 1. The number of benzene rings is 3. The lowest BCUT2D eigenvalue weighted by atomic mass is 10.1. The van der Waals surface area contributed by atoms with Gasteiger partial charge in [0.15, 0.2) is 11.5 Å². The first-order valence-electron chi connectivity index (χ1n) is 10.6. The molecule has 1 saturated heterocycles. The van der Waals surface area contributed by atoms with Crippen molar-refractivity contribution >= 4 is 51.6 Å². The number of hydrogen-bond donors (Lipinski definition) is 0. The van der Waals surface area contributed by atoms with Gasteiger partial charge in [-0.1, -0.05) is 42.5 Å². The predicted molar refractivity (Wildman–Crippen MR) is 139 cm³/mol. The molecule has 174 valence electrons. The van der Waals surface area contributed by atoms with Gasteiger partial charge >= 0.3 is 0 Å². The van der Waals surface area contributed by atoms with Crippen LogP contribution in [-0.4, -0.2) is 22.7 Å². The first kappa shape index (κ1) is 24.3. The molecule has 1 aliphatic rings. The maximum Gasteiger partial charge on any atom is 0.293 e. The van der Waals surface area contributed by atoms with Crippen molar-refractivity contribution in [2.24, 2.45) is 0 Å². The molecule has 0 radical (unpaired) electrons. The van der Waals surface area contributed by atoms with Crippen LogP contribution in [0.5, 0.6) is 11.5 Å². The summed E-state index contributed by atoms with van der Waals surface area (Å²) in [5.41, 5.74) is 2.45. The van der Waals surface area contributed by atoms with E-state index < -0.39 is 0 Å². The number of amides is 2. The lowest BCUT2D eigenvalue weighted by molar-refractivity contribution is -0.123. The van der Waals surface area contributed by atoms with Crippen molar-refractivity contribution in [2.45, 2.75) is 20.1 Å². The summed E-state index contributed by atoms with van der Waals surface area (Å²) >= 11 is 3.06. The van der Waals surface area contributed by atoms with Gasteiger partial charge in [-0.25, -0.2) is 4.39 Å². The van der Waals surface area contributed by atoms with Gasteiger partial charge in [-0.2, -0.15) is 0 Å². The Morgan fingerprint density at radius 2 is 1.74 bits per heavy atom. The number of carbonyl (C=O) groups excluding carboxylic acids is 2. The van der Waals surface area contributed by atoms with Gasteiger partial charge in [0.2, 0.25) is 0 Å². The summed E-state index contributed by atoms with van der Waals surface area (Å²) in [5, 5.41) is -0.358. The third-order valence-corrected chi connectivity index (χ3v) is 6.69. The van der Waals surface area contributed by atoms with Gasteiger partial charge in [0, 0.05) is 0 Å². The predicted octanol–water partition coefficient (Wildman–Crippen LogP) is 6.64. The molecule has 5 nitrogen and oxygen atoms in total. The van der Waals surface area contributed by atoms with Crippen LogP contribution in [0.4, 0.5) is 9.18 Å². The smallest absolute Gasteiger partial charge is 0.293 e. The first-order chi connectivity index (χ1) is 16.4. The molecule has 3 aromatic carbocycles. The van der Waals surface area contributed by atoms with Crippen LogP contribution in [-0.2, 0) is 17.9 Å². The van der Waals surface area contributed by atoms with Crippen LogP contribution in [0.1, 0.15) is 23.6 Å². The van der Waals surface area contributed by atoms with E-state index in [1.54, 1.807) is 24.3 Å². The van der Waals surface area contributed by atoms with Crippen LogP contribution in [0.25, 0.3) is 6.08 Å². The van der Waals surface area contributed by atoms with Gasteiger partial charge in [-0.3, -0.25) is 14.5 Å². The molecule has 1 heterocycles. The van der Waals surface area contributed by atoms with Crippen LogP contribution in [0, 0.1) is 9.39 Å². The highest BCUT2D eigenvalue weighted by molar-refractivity contribution is 14.1. The second kappa shape index (κ2) is 11.1. The van der Waals surface area contributed by atoms with Gasteiger partial charge in [0.05, 0.1) is 21.6 Å². The average molecular weight is 589 g/mol. The van der Waals surface area contributed by atoms with E-state index in [9.17, 15) is 14.0 Å². The largest absolute Gasteiger partial charge is 0.490 e. The fourth-order valence-corrected chi connectivity index (χ4v) is 4.98. The SMILES string of the molecule is CCOc1cc(/C=C2/SC(=O)N(Cc3ccc(F)cc3)C2=O)cc(I)c1OCc1ccccc1. The van der Waals surface area contributed by atoms with E-state index in [0.717, 1.165) is 31.4 Å². The van der Waals surface area contributed by atoms with Gasteiger partial charge in [0.25, 0.3) is 11.1 Å². The second-order valence-corrected chi connectivity index (χ2v) is 9.59. The van der Waals surface area contributed by atoms with Crippen LogP contribution in [0.2, 0.25) is 0 Å². The molecule has 0 atom stereocenters. The Morgan fingerprint density at radius 1 is 1.00 bits per heavy atom. The Labute approximate surface area is 215 Å². The van der Waals surface area contributed by atoms with Crippen LogP contribution in [0.3, 0.4) is 0 Å². The maximum atomic E-state index is 13.2. The van der Waals surface area contributed by atoms with Crippen molar-refractivity contribution in [2.75, 3.05) is 6.61 Å². The molecule has 2 amide bonds. The summed E-state index contributed by atoms with van der Waals surface area (Å²) in [6, 6.07) is 19.3. The van der Waals surface area contributed by atoms with E-state index in [1.165, 1.54) is 12.1 Å². The molecular weight excluding hydrogens is 568 g/mol. The highest BCUT2D eigenvalue weighted by Gasteiger charge is 2.35. The molecule has 8 heteroatoms. The molecule has 0 spiro atoms. The Morgan fingerprint density at radius 3 is 2.44 bits per heavy atom. The van der Waals surface area contributed by atoms with Crippen molar-refractivity contribution in [1.82, 2.24) is 4.90 Å². The normalized spacial score (nSPS) is 14.7. The molecule has 0 saturated carbocycles. The summed E-state index contributed by atoms with van der Waals surface area (Å²) in [4.78, 5) is 26.9. The number of carbonyl (C=O) groups is 2. The van der Waals surface area contributed by atoms with Gasteiger partial charge < -0.3 is 9.47 Å². The third kappa shape index (κ3) is 5.79. The van der Waals surface area contributed by atoms with Crippen molar-refractivity contribution in [3.8, 4) is 11.5 Å². The van der Waals surface area contributed by atoms with Gasteiger partial charge in [-0.05, 0) is 88.3 Å². The number of imide groups is 1. The summed E-state index contributed by atoms with van der Waals surface area (Å²) in [5.74, 6) is 0.459. The average Bonchev–Trinajstić information content (AvgIpc) is 3.08. The van der Waals surface area contributed by atoms with E-state index in [2.05, 4.69) is 22.6 Å². The zero-order chi connectivity index (χ0) is 24.1. The Bertz CT molecular complexity index is 1230. The molecule has 0 N–H and O–H groups in total. The number of hydrogen-bond acceptors (Lipinski definition) is 5. The van der Waals surface area contributed by atoms with E-state index in [-0.39, 0.29) is 23.5 Å². The molecular formula is C26H21FINO4S. The summed E-state index contributed by atoms with van der Waals surface area (Å²) in [6.07, 6.45) is 1.68. The third-order valence-electron chi connectivity index (χ3n) is 4.98. The monoisotopic (exact) mass is 589 g/mol. The Balaban J connectivity index is 1.55. The van der Waals surface area contributed by atoms with E-state index in [0.29, 0.717) is 35.2 Å². The van der Waals surface area contributed by atoms with E-state index >= 15 is 0 Å². The molecule has 0 aromatic heterocycles. The zero-order valence-corrected chi connectivity index (χ0v) is 21.3. The number of rotatable bonds is 8. The highest BCUT2D eigenvalue weighted by Crippen LogP contribution is 2.38. The first-order valence-corrected chi connectivity index (χ1v) is 12.5. The molecule has 0 aliphatic carbocycles. The van der Waals surface area contributed by atoms with Crippen molar-refractivity contribution < 1.29 is 23.5 Å². The molecule has 3 aromatic rings. The molecule has 34 heavy (non-hydrogen) atoms. The summed E-state index contributed by atoms with van der Waals surface area (Å²) < 4.78 is 25.8. The highest BCUT2D eigenvalue weighted by atomic mass is 127. The Hall–Kier alpha value is -2.85. The zero-order valence-electron chi connectivity index (χ0n) is 18.3. The maximum absolute atomic E-state index is 13.2. The number of ether oxygens (including phenoxy) is 2.